The van der Waals surface area contributed by atoms with E-state index in [0.29, 0.717) is 26.2 Å². The predicted molar refractivity (Wildman–Crippen MR) is 58.0 cm³/mol. The molecule has 1 rings (SSSR count). The smallest absolute Gasteiger partial charge is 0.321 e. The Morgan fingerprint density at radius 3 is 2.62 bits per heavy atom. The molecule has 1 fully saturated rings. The molecule has 0 aromatic heterocycles. The Kier molecular flexibility index (Phi) is 5.13. The summed E-state index contributed by atoms with van der Waals surface area (Å²) in [7, 11) is -3.55. The van der Waals surface area contributed by atoms with E-state index >= 15 is 0 Å². The first-order valence-corrected chi connectivity index (χ1v) is 6.61. The highest BCUT2D eigenvalue weighted by atomic mass is 32.2. The lowest BCUT2D eigenvalue weighted by Gasteiger charge is -2.26. The summed E-state index contributed by atoms with van der Waals surface area (Å²) in [4.78, 5) is 11.0. The molecule has 94 valence electrons. The topological polar surface area (TPSA) is 87.7 Å². The fourth-order valence-corrected chi connectivity index (χ4v) is 2.48. The minimum absolute atomic E-state index is 0.244. The number of piperazine rings is 1. The largest absolute Gasteiger partial charge is 0.465 e. The molecular formula is C8H17N3O4S. The maximum atomic E-state index is 11.7. The standard InChI is InChI=1S/C8H17N3O4S/c1-2-15-8(12)7-10-16(13,14)11-5-3-9-4-6-11/h9-10H,2-7H2,1H3. The van der Waals surface area contributed by atoms with E-state index in [0.717, 1.165) is 0 Å². The lowest BCUT2D eigenvalue weighted by Crippen LogP contribution is -2.51. The van der Waals surface area contributed by atoms with Crippen LogP contribution in [-0.4, -0.2) is 58.0 Å². The maximum absolute atomic E-state index is 11.7. The first kappa shape index (κ1) is 13.4. The van der Waals surface area contributed by atoms with Crippen LogP contribution in [0.3, 0.4) is 0 Å². The van der Waals surface area contributed by atoms with Crippen molar-refractivity contribution in [1.82, 2.24) is 14.3 Å². The Bertz CT molecular complexity index is 324. The fraction of sp³-hybridized carbons (Fsp3) is 0.875. The monoisotopic (exact) mass is 251 g/mol. The van der Waals surface area contributed by atoms with Crippen LogP contribution in [0, 0.1) is 0 Å². The molecule has 1 heterocycles. The molecule has 0 amide bonds. The highest BCUT2D eigenvalue weighted by molar-refractivity contribution is 7.87. The molecule has 0 bridgehead atoms. The predicted octanol–water partition coefficient (Wildman–Crippen LogP) is -1.71. The van der Waals surface area contributed by atoms with Gasteiger partial charge in [-0.3, -0.25) is 4.79 Å². The summed E-state index contributed by atoms with van der Waals surface area (Å²) in [5.74, 6) is -0.568. The van der Waals surface area contributed by atoms with Crippen LogP contribution >= 0.6 is 0 Å². The van der Waals surface area contributed by atoms with Crippen molar-refractivity contribution in [3.63, 3.8) is 0 Å². The van der Waals surface area contributed by atoms with Crippen LogP contribution in [0.5, 0.6) is 0 Å². The summed E-state index contributed by atoms with van der Waals surface area (Å²) in [6, 6.07) is 0. The molecule has 0 radical (unpaired) electrons. The van der Waals surface area contributed by atoms with Gasteiger partial charge in [0.05, 0.1) is 6.61 Å². The number of rotatable bonds is 5. The van der Waals surface area contributed by atoms with E-state index in [-0.39, 0.29) is 13.2 Å². The van der Waals surface area contributed by atoms with E-state index in [1.165, 1.54) is 4.31 Å². The van der Waals surface area contributed by atoms with Gasteiger partial charge in [-0.1, -0.05) is 0 Å². The number of esters is 1. The van der Waals surface area contributed by atoms with Gasteiger partial charge in [0.1, 0.15) is 6.54 Å². The lowest BCUT2D eigenvalue weighted by atomic mass is 10.4. The van der Waals surface area contributed by atoms with Crippen LogP contribution in [0.1, 0.15) is 6.92 Å². The van der Waals surface area contributed by atoms with Gasteiger partial charge in [0.2, 0.25) is 0 Å². The van der Waals surface area contributed by atoms with Crippen LogP contribution in [0.4, 0.5) is 0 Å². The van der Waals surface area contributed by atoms with Crippen molar-refractivity contribution >= 4 is 16.2 Å². The van der Waals surface area contributed by atoms with E-state index in [1.54, 1.807) is 6.92 Å². The van der Waals surface area contributed by atoms with Gasteiger partial charge in [-0.15, -0.1) is 0 Å². The zero-order valence-electron chi connectivity index (χ0n) is 9.23. The number of ether oxygens (including phenoxy) is 1. The summed E-state index contributed by atoms with van der Waals surface area (Å²) >= 11 is 0. The SMILES string of the molecule is CCOC(=O)CNS(=O)(=O)N1CCNCC1. The molecule has 0 aromatic carbocycles. The van der Waals surface area contributed by atoms with Crippen molar-refractivity contribution < 1.29 is 17.9 Å². The van der Waals surface area contributed by atoms with Crippen LogP contribution < -0.4 is 10.0 Å². The van der Waals surface area contributed by atoms with E-state index in [2.05, 4.69) is 14.8 Å². The molecule has 1 aliphatic rings. The quantitative estimate of drug-likeness (QED) is 0.568. The first-order chi connectivity index (χ1) is 7.56. The molecule has 0 spiro atoms. The van der Waals surface area contributed by atoms with Gasteiger partial charge in [-0.05, 0) is 6.92 Å². The molecule has 7 nitrogen and oxygen atoms in total. The summed E-state index contributed by atoms with van der Waals surface area (Å²) in [5.41, 5.74) is 0. The van der Waals surface area contributed by atoms with E-state index in [4.69, 9.17) is 0 Å². The third-order valence-corrected chi connectivity index (χ3v) is 3.67. The molecule has 0 aliphatic carbocycles. The summed E-state index contributed by atoms with van der Waals surface area (Å²) in [6.45, 7) is 3.67. The lowest BCUT2D eigenvalue weighted by molar-refractivity contribution is -0.141. The molecule has 0 atom stereocenters. The van der Waals surface area contributed by atoms with Crippen molar-refractivity contribution in [3.8, 4) is 0 Å². The number of carbonyl (C=O) groups excluding carboxylic acids is 1. The number of hydrogen-bond acceptors (Lipinski definition) is 5. The van der Waals surface area contributed by atoms with Crippen molar-refractivity contribution in [2.75, 3.05) is 39.3 Å². The van der Waals surface area contributed by atoms with E-state index in [9.17, 15) is 13.2 Å². The molecule has 0 saturated carbocycles. The van der Waals surface area contributed by atoms with E-state index < -0.39 is 16.2 Å². The first-order valence-electron chi connectivity index (χ1n) is 5.17. The van der Waals surface area contributed by atoms with Crippen LogP contribution in [0.15, 0.2) is 0 Å². The normalized spacial score (nSPS) is 18.3. The summed E-state index contributed by atoms with van der Waals surface area (Å²) in [6.07, 6.45) is 0. The number of nitrogens with zero attached hydrogens (tertiary/aromatic N) is 1. The van der Waals surface area contributed by atoms with Gasteiger partial charge < -0.3 is 10.1 Å². The molecule has 0 aromatic rings. The minimum atomic E-state index is -3.55. The van der Waals surface area contributed by atoms with Gasteiger partial charge in [0.15, 0.2) is 0 Å². The van der Waals surface area contributed by atoms with Gasteiger partial charge in [-0.2, -0.15) is 17.4 Å². The molecular weight excluding hydrogens is 234 g/mol. The minimum Gasteiger partial charge on any atom is -0.465 e. The summed E-state index contributed by atoms with van der Waals surface area (Å²) in [5, 5.41) is 3.05. The Morgan fingerprint density at radius 2 is 2.06 bits per heavy atom. The third-order valence-electron chi connectivity index (χ3n) is 2.12. The Labute approximate surface area is 95.3 Å². The van der Waals surface area contributed by atoms with Crippen LogP contribution in [0.25, 0.3) is 0 Å². The van der Waals surface area contributed by atoms with Gasteiger partial charge in [-0.25, -0.2) is 0 Å². The Hall–Kier alpha value is -0.700. The van der Waals surface area contributed by atoms with Crippen molar-refractivity contribution in [2.24, 2.45) is 0 Å². The second kappa shape index (κ2) is 6.14. The van der Waals surface area contributed by atoms with Gasteiger partial charge in [0, 0.05) is 26.2 Å². The zero-order valence-corrected chi connectivity index (χ0v) is 10.0. The van der Waals surface area contributed by atoms with Gasteiger partial charge in [0.25, 0.3) is 10.2 Å². The molecule has 1 saturated heterocycles. The van der Waals surface area contributed by atoms with Crippen molar-refractivity contribution in [1.29, 1.82) is 0 Å². The van der Waals surface area contributed by atoms with Crippen molar-refractivity contribution in [3.05, 3.63) is 0 Å². The second-order valence-electron chi connectivity index (χ2n) is 3.28. The van der Waals surface area contributed by atoms with Gasteiger partial charge >= 0.3 is 5.97 Å². The number of nitrogens with one attached hydrogen (secondary N) is 2. The average molecular weight is 251 g/mol. The zero-order chi connectivity index (χ0) is 12.0. The highest BCUT2D eigenvalue weighted by Gasteiger charge is 2.23. The molecule has 1 aliphatic heterocycles. The van der Waals surface area contributed by atoms with Crippen molar-refractivity contribution in [2.45, 2.75) is 6.92 Å². The van der Waals surface area contributed by atoms with Crippen LogP contribution in [-0.2, 0) is 19.7 Å². The molecule has 2 N–H and O–H groups in total. The fourth-order valence-electron chi connectivity index (χ4n) is 1.34. The van der Waals surface area contributed by atoms with E-state index in [1.807, 2.05) is 0 Å². The summed E-state index contributed by atoms with van der Waals surface area (Å²) < 4.78 is 31.5. The third kappa shape index (κ3) is 4.05. The average Bonchev–Trinajstić information content (AvgIpc) is 2.28. The second-order valence-corrected chi connectivity index (χ2v) is 5.04. The highest BCUT2D eigenvalue weighted by Crippen LogP contribution is 1.99. The molecule has 8 heteroatoms. The van der Waals surface area contributed by atoms with Crippen LogP contribution in [0.2, 0.25) is 0 Å². The maximum Gasteiger partial charge on any atom is 0.321 e. The Morgan fingerprint density at radius 1 is 1.44 bits per heavy atom. The Balaban J connectivity index is 2.41. The number of carbonyl (C=O) groups is 1. The molecule has 0 unspecified atom stereocenters. The number of hydrogen-bond donors (Lipinski definition) is 2. The molecule has 16 heavy (non-hydrogen) atoms.